The van der Waals surface area contributed by atoms with Crippen molar-refractivity contribution in [3.8, 4) is 34.6 Å². The van der Waals surface area contributed by atoms with E-state index in [1.807, 2.05) is 97.1 Å². The third-order valence-electron chi connectivity index (χ3n) is 11.4. The van der Waals surface area contributed by atoms with Crippen molar-refractivity contribution in [2.75, 3.05) is 0 Å². The molecule has 6 nitrogen and oxygen atoms in total. The van der Waals surface area contributed by atoms with Crippen LogP contribution in [-0.2, 0) is 0 Å². The Morgan fingerprint density at radius 1 is 0.339 bits per heavy atom. The van der Waals surface area contributed by atoms with Crippen LogP contribution in [0.5, 0.6) is 0 Å². The molecule has 0 saturated heterocycles. The first-order valence-corrected chi connectivity index (χ1v) is 18.5. The zero-order chi connectivity index (χ0) is 37.1. The molecule has 8 aromatic carbocycles. The van der Waals surface area contributed by atoms with Crippen LogP contribution < -0.4 is 0 Å². The molecule has 258 valence electrons. The van der Waals surface area contributed by atoms with E-state index in [9.17, 15) is 10.5 Å². The van der Waals surface area contributed by atoms with Crippen molar-refractivity contribution in [3.63, 3.8) is 0 Å². The molecule has 0 fully saturated rings. The summed E-state index contributed by atoms with van der Waals surface area (Å²) in [6, 6.07) is 58.3. The third-order valence-corrected chi connectivity index (χ3v) is 11.4. The van der Waals surface area contributed by atoms with Crippen LogP contribution in [0.2, 0.25) is 0 Å². The second-order valence-electron chi connectivity index (χ2n) is 14.3. The Kier molecular flexibility index (Phi) is 6.10. The molecule has 12 rings (SSSR count). The number of hydrogen-bond donors (Lipinski definition) is 0. The molecular formula is C50H26N4O2. The summed E-state index contributed by atoms with van der Waals surface area (Å²) >= 11 is 0. The molecule has 0 aliphatic carbocycles. The number of furan rings is 2. The van der Waals surface area contributed by atoms with E-state index >= 15 is 0 Å². The first-order chi connectivity index (χ1) is 27.7. The minimum absolute atomic E-state index is 0.531. The van der Waals surface area contributed by atoms with Gasteiger partial charge in [0.05, 0.1) is 44.6 Å². The van der Waals surface area contributed by atoms with E-state index in [-0.39, 0.29) is 0 Å². The van der Waals surface area contributed by atoms with Crippen LogP contribution in [0.15, 0.2) is 167 Å². The van der Waals surface area contributed by atoms with Gasteiger partial charge in [-0.2, -0.15) is 10.5 Å². The smallest absolute Gasteiger partial charge is 0.136 e. The number of benzene rings is 8. The standard InChI is InChI=1S/C50H26N4O2/c51-27-31-21-29(17-19-41(31)53-43-13-5-1-9-33(43)37-25-49-39(23-45(37)53)35-11-3-7-15-47(35)55-49)30-18-20-42(32(22-30)28-52)54-44-14-6-2-10-34(44)38-26-50-40(24-46(38)54)36-12-4-8-16-48(36)56-50/h1-26H. The molecule has 0 aliphatic heterocycles. The summed E-state index contributed by atoms with van der Waals surface area (Å²) in [5.74, 6) is 0. The lowest BCUT2D eigenvalue weighted by molar-refractivity contribution is 0.669. The lowest BCUT2D eigenvalue weighted by Crippen LogP contribution is -1.99. The van der Waals surface area contributed by atoms with Crippen LogP contribution in [0.1, 0.15) is 11.1 Å². The number of nitrogens with zero attached hydrogens (tertiary/aromatic N) is 4. The van der Waals surface area contributed by atoms with Gasteiger partial charge < -0.3 is 18.0 Å². The predicted molar refractivity (Wildman–Crippen MR) is 225 cm³/mol. The minimum atomic E-state index is 0.531. The molecule has 0 atom stereocenters. The Morgan fingerprint density at radius 3 is 1.20 bits per heavy atom. The third kappa shape index (κ3) is 4.13. The molecule has 0 N–H and O–H groups in total. The lowest BCUT2D eigenvalue weighted by atomic mass is 9.99. The molecule has 12 aromatic rings. The lowest BCUT2D eigenvalue weighted by Gasteiger charge is -2.14. The monoisotopic (exact) mass is 714 g/mol. The van der Waals surface area contributed by atoms with Gasteiger partial charge >= 0.3 is 0 Å². The van der Waals surface area contributed by atoms with Crippen LogP contribution in [-0.4, -0.2) is 9.13 Å². The van der Waals surface area contributed by atoms with Crippen LogP contribution in [0.3, 0.4) is 0 Å². The number of nitriles is 2. The highest BCUT2D eigenvalue weighted by atomic mass is 16.3. The van der Waals surface area contributed by atoms with Crippen molar-refractivity contribution in [2.24, 2.45) is 0 Å². The Morgan fingerprint density at radius 2 is 0.750 bits per heavy atom. The normalized spacial score (nSPS) is 11.9. The number of aromatic nitrogens is 2. The van der Waals surface area contributed by atoms with E-state index in [0.717, 1.165) is 110 Å². The van der Waals surface area contributed by atoms with Crippen LogP contribution in [0.4, 0.5) is 0 Å². The summed E-state index contributed by atoms with van der Waals surface area (Å²) in [7, 11) is 0. The Bertz CT molecular complexity index is 3500. The number of fused-ring (bicyclic) bond motifs is 12. The fourth-order valence-corrected chi connectivity index (χ4v) is 8.89. The summed E-state index contributed by atoms with van der Waals surface area (Å²) in [6.07, 6.45) is 0. The van der Waals surface area contributed by atoms with Gasteiger partial charge in [0, 0.05) is 43.1 Å². The van der Waals surface area contributed by atoms with Crippen LogP contribution >= 0.6 is 0 Å². The van der Waals surface area contributed by atoms with Gasteiger partial charge in [0.25, 0.3) is 0 Å². The van der Waals surface area contributed by atoms with Gasteiger partial charge in [-0.15, -0.1) is 0 Å². The molecule has 4 aromatic heterocycles. The van der Waals surface area contributed by atoms with Crippen molar-refractivity contribution >= 4 is 87.5 Å². The largest absolute Gasteiger partial charge is 0.456 e. The second-order valence-corrected chi connectivity index (χ2v) is 14.3. The van der Waals surface area contributed by atoms with Crippen molar-refractivity contribution in [3.05, 3.63) is 169 Å². The summed E-state index contributed by atoms with van der Waals surface area (Å²) < 4.78 is 16.9. The summed E-state index contributed by atoms with van der Waals surface area (Å²) in [4.78, 5) is 0. The van der Waals surface area contributed by atoms with Crippen molar-refractivity contribution < 1.29 is 8.83 Å². The maximum absolute atomic E-state index is 10.7. The van der Waals surface area contributed by atoms with E-state index < -0.39 is 0 Å². The zero-order valence-electron chi connectivity index (χ0n) is 29.6. The van der Waals surface area contributed by atoms with Crippen molar-refractivity contribution in [1.82, 2.24) is 9.13 Å². The topological polar surface area (TPSA) is 83.7 Å². The van der Waals surface area contributed by atoms with Gasteiger partial charge in [-0.05, 0) is 83.9 Å². The Hall–Kier alpha value is -8.06. The SMILES string of the molecule is N#Cc1cc(-c2ccc(-n3c4ccccc4c4cc5oc6ccccc6c5cc43)c(C#N)c2)ccc1-n1c2ccccc2c2cc3oc4ccccc4c3cc21. The highest BCUT2D eigenvalue weighted by Gasteiger charge is 2.21. The molecule has 0 unspecified atom stereocenters. The molecule has 0 bridgehead atoms. The van der Waals surface area contributed by atoms with E-state index in [2.05, 4.69) is 81.9 Å². The maximum atomic E-state index is 10.7. The van der Waals surface area contributed by atoms with Gasteiger partial charge in [0.1, 0.15) is 34.5 Å². The van der Waals surface area contributed by atoms with Crippen LogP contribution in [0.25, 0.3) is 110 Å². The first-order valence-electron chi connectivity index (χ1n) is 18.5. The van der Waals surface area contributed by atoms with Crippen LogP contribution in [0, 0.1) is 22.7 Å². The summed E-state index contributed by atoms with van der Waals surface area (Å²) in [5.41, 5.74) is 11.7. The highest BCUT2D eigenvalue weighted by molar-refractivity contribution is 6.18. The average Bonchev–Trinajstić information content (AvgIpc) is 3.99. The summed E-state index contributed by atoms with van der Waals surface area (Å²) in [6.45, 7) is 0. The second kappa shape index (κ2) is 11.2. The summed E-state index contributed by atoms with van der Waals surface area (Å²) in [5, 5.41) is 29.8. The van der Waals surface area contributed by atoms with Gasteiger partial charge in [0.15, 0.2) is 0 Å². The molecule has 0 saturated carbocycles. The Balaban J connectivity index is 1.03. The molecule has 0 spiro atoms. The quantitative estimate of drug-likeness (QED) is 0.182. The van der Waals surface area contributed by atoms with E-state index in [4.69, 9.17) is 8.83 Å². The number of rotatable bonds is 3. The number of para-hydroxylation sites is 4. The predicted octanol–water partition coefficient (Wildman–Crippen LogP) is 13.1. The van der Waals surface area contributed by atoms with Gasteiger partial charge in [0.2, 0.25) is 0 Å². The van der Waals surface area contributed by atoms with E-state index in [0.29, 0.717) is 11.1 Å². The first kappa shape index (κ1) is 30.4. The van der Waals surface area contributed by atoms with Crippen molar-refractivity contribution in [1.29, 1.82) is 10.5 Å². The fourth-order valence-electron chi connectivity index (χ4n) is 8.89. The molecular weight excluding hydrogens is 689 g/mol. The van der Waals surface area contributed by atoms with Crippen molar-refractivity contribution in [2.45, 2.75) is 0 Å². The average molecular weight is 715 g/mol. The van der Waals surface area contributed by atoms with Gasteiger partial charge in [-0.1, -0.05) is 84.9 Å². The van der Waals surface area contributed by atoms with E-state index in [1.165, 1.54) is 0 Å². The molecule has 4 heterocycles. The van der Waals surface area contributed by atoms with Gasteiger partial charge in [-0.25, -0.2) is 0 Å². The Labute approximate surface area is 318 Å². The maximum Gasteiger partial charge on any atom is 0.136 e. The fraction of sp³-hybridized carbons (Fsp3) is 0. The highest BCUT2D eigenvalue weighted by Crippen LogP contribution is 2.41. The van der Waals surface area contributed by atoms with Gasteiger partial charge in [-0.3, -0.25) is 0 Å². The molecule has 6 heteroatoms. The molecule has 56 heavy (non-hydrogen) atoms. The molecule has 0 amide bonds. The van der Waals surface area contributed by atoms with E-state index in [1.54, 1.807) is 0 Å². The molecule has 0 radical (unpaired) electrons. The molecule has 0 aliphatic rings. The number of hydrogen-bond acceptors (Lipinski definition) is 4. The zero-order valence-corrected chi connectivity index (χ0v) is 29.6. The minimum Gasteiger partial charge on any atom is -0.456 e.